The van der Waals surface area contributed by atoms with E-state index in [0.29, 0.717) is 24.3 Å². The average Bonchev–Trinajstić information content (AvgIpc) is 2.73. The second-order valence-electron chi connectivity index (χ2n) is 8.00. The maximum absolute atomic E-state index is 12.9. The zero-order valence-corrected chi connectivity index (χ0v) is 18.4. The molecule has 1 aromatic carbocycles. The molecule has 172 valence electrons. The molecule has 0 saturated carbocycles. The number of hydrogen-bond acceptors (Lipinski definition) is 4. The molecule has 1 atom stereocenters. The molecule has 1 unspecified atom stereocenters. The van der Waals surface area contributed by atoms with Gasteiger partial charge < -0.3 is 15.5 Å². The van der Waals surface area contributed by atoms with Gasteiger partial charge in [-0.2, -0.15) is 13.2 Å². The molecule has 10 heteroatoms. The molecule has 1 aliphatic rings. The lowest BCUT2D eigenvalue weighted by molar-refractivity contribution is -0.137. The second-order valence-corrected chi connectivity index (χ2v) is 8.40. The van der Waals surface area contributed by atoms with Crippen molar-refractivity contribution < 1.29 is 22.8 Å². The minimum atomic E-state index is -4.46. The molecule has 32 heavy (non-hydrogen) atoms. The van der Waals surface area contributed by atoms with Crippen molar-refractivity contribution in [1.82, 2.24) is 10.3 Å². The first-order valence-electron chi connectivity index (χ1n) is 10.2. The minimum absolute atomic E-state index is 0.0199. The van der Waals surface area contributed by atoms with Gasteiger partial charge in [0.15, 0.2) is 0 Å². The number of rotatable bonds is 5. The van der Waals surface area contributed by atoms with Gasteiger partial charge in [-0.3, -0.25) is 9.59 Å². The van der Waals surface area contributed by atoms with Crippen molar-refractivity contribution in [3.8, 4) is 0 Å². The predicted octanol–water partition coefficient (Wildman–Crippen LogP) is 4.75. The molecule has 1 fully saturated rings. The molecule has 1 aromatic heterocycles. The number of amides is 2. The monoisotopic (exact) mass is 468 g/mol. The van der Waals surface area contributed by atoms with E-state index >= 15 is 0 Å². The summed E-state index contributed by atoms with van der Waals surface area (Å²) in [6.45, 7) is 4.55. The Hall–Kier alpha value is -2.81. The lowest BCUT2D eigenvalue weighted by atomic mass is 10.0. The van der Waals surface area contributed by atoms with E-state index in [1.165, 1.54) is 18.3 Å². The molecule has 0 bridgehead atoms. The Morgan fingerprint density at radius 3 is 2.62 bits per heavy atom. The van der Waals surface area contributed by atoms with E-state index in [2.05, 4.69) is 15.6 Å². The van der Waals surface area contributed by atoms with Crippen LogP contribution in [-0.4, -0.2) is 35.9 Å². The van der Waals surface area contributed by atoms with E-state index in [1.54, 1.807) is 19.9 Å². The van der Waals surface area contributed by atoms with Crippen LogP contribution in [0, 0.1) is 5.92 Å². The highest BCUT2D eigenvalue weighted by molar-refractivity contribution is 6.33. The van der Waals surface area contributed by atoms with Crippen LogP contribution in [0.2, 0.25) is 5.02 Å². The largest absolute Gasteiger partial charge is 0.416 e. The van der Waals surface area contributed by atoms with Crippen molar-refractivity contribution in [2.24, 2.45) is 5.92 Å². The Balaban J connectivity index is 1.66. The number of halogens is 4. The maximum atomic E-state index is 12.9. The van der Waals surface area contributed by atoms with Crippen LogP contribution in [0.1, 0.15) is 42.6 Å². The first-order valence-corrected chi connectivity index (χ1v) is 10.6. The number of pyridine rings is 1. The highest BCUT2D eigenvalue weighted by Gasteiger charge is 2.32. The Morgan fingerprint density at radius 1 is 1.22 bits per heavy atom. The van der Waals surface area contributed by atoms with Gasteiger partial charge in [0.05, 0.1) is 16.3 Å². The normalized spacial score (nSPS) is 16.7. The van der Waals surface area contributed by atoms with Gasteiger partial charge in [0.2, 0.25) is 5.91 Å². The number of piperidine rings is 1. The molecule has 2 amide bonds. The van der Waals surface area contributed by atoms with Crippen LogP contribution in [-0.2, 0) is 11.0 Å². The van der Waals surface area contributed by atoms with Gasteiger partial charge in [-0.25, -0.2) is 4.98 Å². The van der Waals surface area contributed by atoms with E-state index < -0.39 is 11.7 Å². The molecule has 1 aliphatic heterocycles. The van der Waals surface area contributed by atoms with Gasteiger partial charge in [-0.15, -0.1) is 0 Å². The number of carbonyl (C=O) groups excluding carboxylic acids is 2. The zero-order chi connectivity index (χ0) is 23.5. The summed E-state index contributed by atoms with van der Waals surface area (Å²) in [6, 6.07) is 6.13. The lowest BCUT2D eigenvalue weighted by Gasteiger charge is -2.35. The number of aromatic nitrogens is 1. The average molecular weight is 469 g/mol. The Kier molecular flexibility index (Phi) is 7.28. The van der Waals surface area contributed by atoms with E-state index in [9.17, 15) is 22.8 Å². The summed E-state index contributed by atoms with van der Waals surface area (Å²) in [5, 5.41) is 5.63. The number of anilines is 2. The van der Waals surface area contributed by atoms with E-state index in [-0.39, 0.29) is 34.6 Å². The predicted molar refractivity (Wildman–Crippen MR) is 117 cm³/mol. The van der Waals surface area contributed by atoms with Gasteiger partial charge in [0.25, 0.3) is 5.91 Å². The number of carbonyl (C=O) groups is 2. The molecule has 0 radical (unpaired) electrons. The standard InChI is InChI=1S/C22H24ClF3N4O2/c1-13(2)20(31)29-19-10-14(7-8-27-19)21(32)28-16-4-3-9-30(12-16)18-6-5-15(11-17(18)23)22(24,25)26/h5-8,10-11,13,16H,3-4,9,12H2,1-2H3,(H,28,32)(H,27,29,31). The highest BCUT2D eigenvalue weighted by Crippen LogP contribution is 2.35. The van der Waals surface area contributed by atoms with Crippen LogP contribution in [0.5, 0.6) is 0 Å². The van der Waals surface area contributed by atoms with Crippen LogP contribution in [0.4, 0.5) is 24.7 Å². The number of benzene rings is 1. The third-order valence-electron chi connectivity index (χ3n) is 5.17. The molecule has 3 rings (SSSR count). The number of nitrogens with zero attached hydrogens (tertiary/aromatic N) is 2. The Labute approximate surface area is 189 Å². The van der Waals surface area contributed by atoms with Crippen molar-refractivity contribution in [3.05, 3.63) is 52.7 Å². The van der Waals surface area contributed by atoms with Crippen LogP contribution < -0.4 is 15.5 Å². The quantitative estimate of drug-likeness (QED) is 0.664. The fraction of sp³-hybridized carbons (Fsp3) is 0.409. The second kappa shape index (κ2) is 9.77. The summed E-state index contributed by atoms with van der Waals surface area (Å²) in [4.78, 5) is 30.5. The van der Waals surface area contributed by atoms with Crippen molar-refractivity contribution in [1.29, 1.82) is 0 Å². The molecule has 6 nitrogen and oxygen atoms in total. The van der Waals surface area contributed by atoms with Gasteiger partial charge >= 0.3 is 6.18 Å². The Morgan fingerprint density at radius 2 is 1.97 bits per heavy atom. The molecule has 2 aromatic rings. The third-order valence-corrected chi connectivity index (χ3v) is 5.47. The van der Waals surface area contributed by atoms with E-state index in [0.717, 1.165) is 25.0 Å². The van der Waals surface area contributed by atoms with Crippen LogP contribution in [0.3, 0.4) is 0 Å². The number of nitrogens with one attached hydrogen (secondary N) is 2. The van der Waals surface area contributed by atoms with E-state index in [1.807, 2.05) is 4.90 Å². The first-order chi connectivity index (χ1) is 15.0. The fourth-order valence-electron chi connectivity index (χ4n) is 3.43. The molecular formula is C22H24ClF3N4O2. The van der Waals surface area contributed by atoms with Gasteiger partial charge in [-0.05, 0) is 43.2 Å². The fourth-order valence-corrected chi connectivity index (χ4v) is 3.73. The minimum Gasteiger partial charge on any atom is -0.368 e. The van der Waals surface area contributed by atoms with Crippen molar-refractivity contribution in [3.63, 3.8) is 0 Å². The van der Waals surface area contributed by atoms with Crippen molar-refractivity contribution >= 4 is 34.9 Å². The Bertz CT molecular complexity index is 997. The SMILES string of the molecule is CC(C)C(=O)Nc1cc(C(=O)NC2CCCN(c3ccc(C(F)(F)F)cc3Cl)C2)ccn1. The lowest BCUT2D eigenvalue weighted by Crippen LogP contribution is -2.48. The molecular weight excluding hydrogens is 445 g/mol. The molecule has 2 N–H and O–H groups in total. The molecule has 0 spiro atoms. The van der Waals surface area contributed by atoms with Crippen molar-refractivity contribution in [2.75, 3.05) is 23.3 Å². The summed E-state index contributed by atoms with van der Waals surface area (Å²) in [5.74, 6) is -0.457. The summed E-state index contributed by atoms with van der Waals surface area (Å²) in [7, 11) is 0. The maximum Gasteiger partial charge on any atom is 0.416 e. The van der Waals surface area contributed by atoms with Crippen LogP contribution in [0.15, 0.2) is 36.5 Å². The summed E-state index contributed by atoms with van der Waals surface area (Å²) < 4.78 is 38.7. The van der Waals surface area contributed by atoms with Crippen LogP contribution in [0.25, 0.3) is 0 Å². The highest BCUT2D eigenvalue weighted by atomic mass is 35.5. The zero-order valence-electron chi connectivity index (χ0n) is 17.7. The van der Waals surface area contributed by atoms with E-state index in [4.69, 9.17) is 11.6 Å². The van der Waals surface area contributed by atoms with Gasteiger partial charge in [0.1, 0.15) is 5.82 Å². The van der Waals surface area contributed by atoms with Crippen molar-refractivity contribution in [2.45, 2.75) is 38.9 Å². The summed E-state index contributed by atoms with van der Waals surface area (Å²) >= 11 is 6.13. The smallest absolute Gasteiger partial charge is 0.368 e. The number of hydrogen-bond donors (Lipinski definition) is 2. The van der Waals surface area contributed by atoms with Gasteiger partial charge in [-0.1, -0.05) is 25.4 Å². The third kappa shape index (κ3) is 5.91. The topological polar surface area (TPSA) is 74.3 Å². The summed E-state index contributed by atoms with van der Waals surface area (Å²) in [5.41, 5.74) is 0.0520. The number of alkyl halides is 3. The van der Waals surface area contributed by atoms with Crippen LogP contribution >= 0.6 is 11.6 Å². The molecule has 0 aliphatic carbocycles. The first kappa shape index (κ1) is 23.8. The molecule has 1 saturated heterocycles. The molecule has 2 heterocycles. The summed E-state index contributed by atoms with van der Waals surface area (Å²) in [6.07, 6.45) is -1.55. The van der Waals surface area contributed by atoms with Gasteiger partial charge in [0, 0.05) is 36.8 Å².